The lowest BCUT2D eigenvalue weighted by molar-refractivity contribution is -0.149. The zero-order valence-corrected chi connectivity index (χ0v) is 9.00. The van der Waals surface area contributed by atoms with Crippen LogP contribution >= 0.6 is 0 Å². The van der Waals surface area contributed by atoms with E-state index in [9.17, 15) is 4.79 Å². The minimum Gasteiger partial charge on any atom is -0.444 e. The summed E-state index contributed by atoms with van der Waals surface area (Å²) < 4.78 is 4.82. The number of esters is 1. The van der Waals surface area contributed by atoms with Gasteiger partial charge < -0.3 is 16.2 Å². The highest BCUT2D eigenvalue weighted by atomic mass is 16.6. The first kappa shape index (κ1) is 12.6. The van der Waals surface area contributed by atoms with E-state index in [1.54, 1.807) is 0 Å². The first-order valence-corrected chi connectivity index (χ1v) is 5.09. The van der Waals surface area contributed by atoms with Crippen LogP contribution in [0.25, 0.3) is 0 Å². The van der Waals surface area contributed by atoms with Gasteiger partial charge in [0.15, 0.2) is 6.23 Å². The molecule has 0 aromatic heterocycles. The molecule has 0 amide bonds. The molecule has 0 fully saturated rings. The van der Waals surface area contributed by atoms with Crippen molar-refractivity contribution in [3.63, 3.8) is 0 Å². The maximum Gasteiger partial charge on any atom is 0.324 e. The van der Waals surface area contributed by atoms with Gasteiger partial charge in [-0.1, -0.05) is 30.3 Å². The maximum atomic E-state index is 11.4. The van der Waals surface area contributed by atoms with Crippen molar-refractivity contribution in [3.05, 3.63) is 35.9 Å². The van der Waals surface area contributed by atoms with Gasteiger partial charge in [-0.2, -0.15) is 0 Å². The third-order valence-electron chi connectivity index (χ3n) is 2.10. The van der Waals surface area contributed by atoms with Crippen LogP contribution in [0, 0.1) is 0 Å². The first-order chi connectivity index (χ1) is 7.63. The van der Waals surface area contributed by atoms with Crippen molar-refractivity contribution in [2.24, 2.45) is 17.2 Å². The van der Waals surface area contributed by atoms with E-state index in [4.69, 9.17) is 21.9 Å². The molecule has 0 aliphatic heterocycles. The molecule has 0 spiro atoms. The van der Waals surface area contributed by atoms with Gasteiger partial charge in [0.2, 0.25) is 0 Å². The second-order valence-corrected chi connectivity index (χ2v) is 3.51. The van der Waals surface area contributed by atoms with Gasteiger partial charge in [-0.15, -0.1) is 0 Å². The van der Waals surface area contributed by atoms with Crippen molar-refractivity contribution in [1.82, 2.24) is 0 Å². The average molecular weight is 223 g/mol. The number of benzene rings is 1. The number of carbonyl (C=O) groups excluding carboxylic acids is 1. The SMILES string of the molecule is NCC(N)OC(=O)C(N)Cc1ccccc1. The van der Waals surface area contributed by atoms with Crippen LogP contribution in [0.5, 0.6) is 0 Å². The van der Waals surface area contributed by atoms with Crippen LogP contribution in [0.15, 0.2) is 30.3 Å². The highest BCUT2D eigenvalue weighted by Gasteiger charge is 2.17. The standard InChI is InChI=1S/C11H17N3O2/c12-7-10(14)16-11(15)9(13)6-8-4-2-1-3-5-8/h1-5,9-10H,6-7,12-14H2. The molecule has 16 heavy (non-hydrogen) atoms. The van der Waals surface area contributed by atoms with Gasteiger partial charge >= 0.3 is 5.97 Å². The predicted molar refractivity (Wildman–Crippen MR) is 61.2 cm³/mol. The smallest absolute Gasteiger partial charge is 0.324 e. The van der Waals surface area contributed by atoms with Crippen LogP contribution in [0.4, 0.5) is 0 Å². The Balaban J connectivity index is 2.46. The molecule has 0 aliphatic carbocycles. The number of carbonyl (C=O) groups is 1. The predicted octanol–water partition coefficient (Wildman–Crippen LogP) is -0.657. The van der Waals surface area contributed by atoms with Crippen LogP contribution in [-0.2, 0) is 16.0 Å². The van der Waals surface area contributed by atoms with E-state index in [1.807, 2.05) is 30.3 Å². The maximum absolute atomic E-state index is 11.4. The van der Waals surface area contributed by atoms with Crippen molar-refractivity contribution >= 4 is 5.97 Å². The Kier molecular flexibility index (Phi) is 4.91. The van der Waals surface area contributed by atoms with Crippen LogP contribution < -0.4 is 17.2 Å². The zero-order chi connectivity index (χ0) is 12.0. The van der Waals surface area contributed by atoms with Crippen molar-refractivity contribution < 1.29 is 9.53 Å². The molecule has 1 aromatic carbocycles. The summed E-state index contributed by atoms with van der Waals surface area (Å²) in [5, 5.41) is 0. The summed E-state index contributed by atoms with van der Waals surface area (Å²) in [7, 11) is 0. The molecule has 5 heteroatoms. The Morgan fingerprint density at radius 3 is 2.44 bits per heavy atom. The van der Waals surface area contributed by atoms with Gasteiger partial charge in [-0.3, -0.25) is 10.5 Å². The van der Waals surface area contributed by atoms with Gasteiger partial charge in [0.25, 0.3) is 0 Å². The monoisotopic (exact) mass is 223 g/mol. The zero-order valence-electron chi connectivity index (χ0n) is 9.00. The number of ether oxygens (including phenoxy) is 1. The Hall–Kier alpha value is -1.43. The molecule has 2 unspecified atom stereocenters. The first-order valence-electron chi connectivity index (χ1n) is 5.09. The van der Waals surface area contributed by atoms with Crippen LogP contribution in [-0.4, -0.2) is 24.8 Å². The van der Waals surface area contributed by atoms with Gasteiger partial charge in [0.05, 0.1) is 0 Å². The molecule has 88 valence electrons. The lowest BCUT2D eigenvalue weighted by atomic mass is 10.1. The third kappa shape index (κ3) is 3.98. The van der Waals surface area contributed by atoms with E-state index in [1.165, 1.54) is 0 Å². The van der Waals surface area contributed by atoms with E-state index in [0.717, 1.165) is 5.56 Å². The Bertz CT molecular complexity index is 329. The summed E-state index contributed by atoms with van der Waals surface area (Å²) in [5.74, 6) is -0.526. The van der Waals surface area contributed by atoms with Gasteiger partial charge in [-0.05, 0) is 12.0 Å². The van der Waals surface area contributed by atoms with Crippen LogP contribution in [0.3, 0.4) is 0 Å². The summed E-state index contributed by atoms with van der Waals surface area (Å²) in [6.07, 6.45) is -0.355. The normalized spacial score (nSPS) is 14.2. The minimum atomic E-state index is -0.783. The van der Waals surface area contributed by atoms with E-state index in [2.05, 4.69) is 0 Å². The van der Waals surface area contributed by atoms with E-state index in [-0.39, 0.29) is 6.54 Å². The fourth-order valence-electron chi connectivity index (χ4n) is 1.24. The molecule has 0 bridgehead atoms. The molecule has 0 radical (unpaired) electrons. The molecule has 2 atom stereocenters. The van der Waals surface area contributed by atoms with Crippen LogP contribution in [0.2, 0.25) is 0 Å². The minimum absolute atomic E-state index is 0.0871. The Morgan fingerprint density at radius 1 is 1.25 bits per heavy atom. The lowest BCUT2D eigenvalue weighted by Gasteiger charge is -2.15. The topological polar surface area (TPSA) is 104 Å². The van der Waals surface area contributed by atoms with Crippen molar-refractivity contribution in [2.45, 2.75) is 18.7 Å². The highest BCUT2D eigenvalue weighted by molar-refractivity contribution is 5.76. The van der Waals surface area contributed by atoms with Gasteiger partial charge in [0.1, 0.15) is 6.04 Å². The van der Waals surface area contributed by atoms with Gasteiger partial charge in [0, 0.05) is 6.54 Å². The summed E-state index contributed by atoms with van der Waals surface area (Å²) >= 11 is 0. The van der Waals surface area contributed by atoms with E-state index >= 15 is 0 Å². The number of hydrogen-bond donors (Lipinski definition) is 3. The van der Waals surface area contributed by atoms with Gasteiger partial charge in [-0.25, -0.2) is 0 Å². The second kappa shape index (κ2) is 6.22. The summed E-state index contributed by atoms with van der Waals surface area (Å²) in [6.45, 7) is 0.0871. The molecular formula is C11H17N3O2. The van der Waals surface area contributed by atoms with Crippen molar-refractivity contribution in [3.8, 4) is 0 Å². The molecule has 0 aliphatic rings. The Labute approximate surface area is 94.6 Å². The second-order valence-electron chi connectivity index (χ2n) is 3.51. The number of hydrogen-bond acceptors (Lipinski definition) is 5. The number of rotatable bonds is 5. The fraction of sp³-hybridized carbons (Fsp3) is 0.364. The summed E-state index contributed by atoms with van der Waals surface area (Å²) in [6, 6.07) is 8.77. The highest BCUT2D eigenvalue weighted by Crippen LogP contribution is 2.03. The Morgan fingerprint density at radius 2 is 1.88 bits per heavy atom. The number of nitrogens with two attached hydrogens (primary N) is 3. The quantitative estimate of drug-likeness (QED) is 0.454. The average Bonchev–Trinajstić information content (AvgIpc) is 2.30. The fourth-order valence-corrected chi connectivity index (χ4v) is 1.24. The summed E-state index contributed by atoms with van der Waals surface area (Å²) in [5.41, 5.74) is 17.3. The third-order valence-corrected chi connectivity index (χ3v) is 2.10. The molecule has 0 saturated heterocycles. The van der Waals surface area contributed by atoms with Crippen molar-refractivity contribution in [2.75, 3.05) is 6.54 Å². The van der Waals surface area contributed by atoms with E-state index < -0.39 is 18.2 Å². The molecule has 1 rings (SSSR count). The molecule has 0 heterocycles. The summed E-state index contributed by atoms with van der Waals surface area (Å²) in [4.78, 5) is 11.4. The molecule has 5 nitrogen and oxygen atoms in total. The molecular weight excluding hydrogens is 206 g/mol. The lowest BCUT2D eigenvalue weighted by Crippen LogP contribution is -2.42. The van der Waals surface area contributed by atoms with Crippen molar-refractivity contribution in [1.29, 1.82) is 0 Å². The van der Waals surface area contributed by atoms with E-state index in [0.29, 0.717) is 6.42 Å². The largest absolute Gasteiger partial charge is 0.444 e. The molecule has 6 N–H and O–H groups in total. The molecule has 1 aromatic rings. The molecule has 0 saturated carbocycles. The van der Waals surface area contributed by atoms with Crippen LogP contribution in [0.1, 0.15) is 5.56 Å².